The van der Waals surface area contributed by atoms with Crippen molar-refractivity contribution in [1.82, 2.24) is 0 Å². The Bertz CT molecular complexity index is 327. The molecule has 0 amide bonds. The quantitative estimate of drug-likeness (QED) is 0.703. The maximum Gasteiger partial charge on any atom is 0.305 e. The molecular formula is C13H19NO3. The molecule has 0 saturated carbocycles. The average molecular weight is 237 g/mol. The van der Waals surface area contributed by atoms with Gasteiger partial charge in [-0.25, -0.2) is 0 Å². The van der Waals surface area contributed by atoms with Crippen molar-refractivity contribution in [3.63, 3.8) is 0 Å². The molecule has 0 radical (unpaired) electrons. The van der Waals surface area contributed by atoms with Gasteiger partial charge in [0.25, 0.3) is 0 Å². The molecule has 0 atom stereocenters. The van der Waals surface area contributed by atoms with Crippen LogP contribution in [0.2, 0.25) is 0 Å². The van der Waals surface area contributed by atoms with Crippen molar-refractivity contribution >= 4 is 11.7 Å². The number of carboxylic acids is 1. The number of ether oxygens (including phenoxy) is 1. The summed E-state index contributed by atoms with van der Waals surface area (Å²) in [5, 5.41) is 8.73. The Kier molecular flexibility index (Phi) is 6.10. The van der Waals surface area contributed by atoms with Crippen LogP contribution in [0.25, 0.3) is 0 Å². The Balaban J connectivity index is 2.55. The van der Waals surface area contributed by atoms with E-state index in [9.17, 15) is 4.79 Å². The van der Waals surface area contributed by atoms with Crippen LogP contribution in [0, 0.1) is 0 Å². The summed E-state index contributed by atoms with van der Waals surface area (Å²) in [5.41, 5.74) is 1.06. The molecule has 4 nitrogen and oxygen atoms in total. The third kappa shape index (κ3) is 5.36. The Labute approximate surface area is 102 Å². The predicted octanol–water partition coefficient (Wildman–Crippen LogP) is 2.00. The first-order valence-corrected chi connectivity index (χ1v) is 5.74. The second kappa shape index (κ2) is 7.68. The highest BCUT2D eigenvalue weighted by Crippen LogP contribution is 2.13. The van der Waals surface area contributed by atoms with Gasteiger partial charge in [-0.15, -0.1) is 0 Å². The number of methoxy groups -OCH3 is 1. The van der Waals surface area contributed by atoms with Gasteiger partial charge in [0.2, 0.25) is 0 Å². The molecule has 0 aliphatic carbocycles. The predicted molar refractivity (Wildman–Crippen MR) is 67.4 cm³/mol. The molecule has 0 saturated heterocycles. The molecule has 1 aromatic rings. The smallest absolute Gasteiger partial charge is 0.305 e. The van der Waals surface area contributed by atoms with Gasteiger partial charge < -0.3 is 14.7 Å². The molecule has 0 heterocycles. The Morgan fingerprint density at radius 1 is 1.29 bits per heavy atom. The molecule has 0 bridgehead atoms. The maximum absolute atomic E-state index is 10.6. The summed E-state index contributed by atoms with van der Waals surface area (Å²) >= 11 is 0. The summed E-state index contributed by atoms with van der Waals surface area (Å²) < 4.78 is 5.01. The summed E-state index contributed by atoms with van der Waals surface area (Å²) in [7, 11) is 1.67. The molecule has 0 aromatic heterocycles. The number of benzene rings is 1. The van der Waals surface area contributed by atoms with Crippen LogP contribution >= 0.6 is 0 Å². The van der Waals surface area contributed by atoms with E-state index in [-0.39, 0.29) is 6.42 Å². The van der Waals surface area contributed by atoms with Crippen molar-refractivity contribution in [2.24, 2.45) is 0 Å². The molecule has 1 aromatic carbocycles. The summed E-state index contributed by atoms with van der Waals surface area (Å²) in [5.74, 6) is -0.766. The van der Waals surface area contributed by atoms with Gasteiger partial charge in [-0.1, -0.05) is 18.2 Å². The highest BCUT2D eigenvalue weighted by molar-refractivity contribution is 5.67. The zero-order valence-electron chi connectivity index (χ0n) is 10.1. The van der Waals surface area contributed by atoms with Crippen LogP contribution in [-0.4, -0.2) is 37.9 Å². The van der Waals surface area contributed by atoms with E-state index in [2.05, 4.69) is 4.90 Å². The second-order valence-electron chi connectivity index (χ2n) is 3.81. The highest BCUT2D eigenvalue weighted by Gasteiger charge is 2.07. The first-order valence-electron chi connectivity index (χ1n) is 5.74. The van der Waals surface area contributed by atoms with Crippen LogP contribution in [0.3, 0.4) is 0 Å². The fourth-order valence-corrected chi connectivity index (χ4v) is 1.64. The molecule has 94 valence electrons. The van der Waals surface area contributed by atoms with E-state index >= 15 is 0 Å². The first kappa shape index (κ1) is 13.5. The number of hydrogen-bond acceptors (Lipinski definition) is 3. The van der Waals surface area contributed by atoms with Crippen molar-refractivity contribution in [3.05, 3.63) is 30.3 Å². The third-order valence-corrected chi connectivity index (χ3v) is 2.49. The summed E-state index contributed by atoms with van der Waals surface area (Å²) in [6, 6.07) is 9.86. The lowest BCUT2D eigenvalue weighted by Crippen LogP contribution is -2.27. The topological polar surface area (TPSA) is 49.8 Å². The SMILES string of the molecule is COCCCN(CCC(=O)O)c1ccccc1. The van der Waals surface area contributed by atoms with Crippen LogP contribution in [0.15, 0.2) is 30.3 Å². The number of hydrogen-bond donors (Lipinski definition) is 1. The molecule has 0 spiro atoms. The zero-order chi connectivity index (χ0) is 12.5. The molecule has 0 aliphatic heterocycles. The maximum atomic E-state index is 10.6. The van der Waals surface area contributed by atoms with Crippen molar-refractivity contribution < 1.29 is 14.6 Å². The van der Waals surface area contributed by atoms with Gasteiger partial charge in [0.15, 0.2) is 0 Å². The molecular weight excluding hydrogens is 218 g/mol. The minimum Gasteiger partial charge on any atom is -0.481 e. The van der Waals surface area contributed by atoms with E-state index in [0.717, 1.165) is 18.7 Å². The van der Waals surface area contributed by atoms with E-state index in [1.807, 2.05) is 30.3 Å². The van der Waals surface area contributed by atoms with Gasteiger partial charge >= 0.3 is 5.97 Å². The minimum atomic E-state index is -0.766. The highest BCUT2D eigenvalue weighted by atomic mass is 16.5. The minimum absolute atomic E-state index is 0.155. The molecule has 0 aliphatic rings. The average Bonchev–Trinajstić information content (AvgIpc) is 2.34. The summed E-state index contributed by atoms with van der Waals surface area (Å²) in [6.07, 6.45) is 1.05. The molecule has 0 fully saturated rings. The number of para-hydroxylation sites is 1. The summed E-state index contributed by atoms with van der Waals surface area (Å²) in [6.45, 7) is 2.03. The van der Waals surface area contributed by atoms with Crippen LogP contribution in [0.5, 0.6) is 0 Å². The molecule has 1 rings (SSSR count). The number of aliphatic carboxylic acids is 1. The van der Waals surface area contributed by atoms with Gasteiger partial charge in [-0.2, -0.15) is 0 Å². The third-order valence-electron chi connectivity index (χ3n) is 2.49. The van der Waals surface area contributed by atoms with E-state index < -0.39 is 5.97 Å². The van der Waals surface area contributed by atoms with Crippen molar-refractivity contribution in [3.8, 4) is 0 Å². The molecule has 4 heteroatoms. The number of anilines is 1. The Hall–Kier alpha value is -1.55. The first-order chi connectivity index (χ1) is 8.24. The number of nitrogens with zero attached hydrogens (tertiary/aromatic N) is 1. The van der Waals surface area contributed by atoms with Gasteiger partial charge in [-0.05, 0) is 18.6 Å². The monoisotopic (exact) mass is 237 g/mol. The van der Waals surface area contributed by atoms with Crippen LogP contribution in [-0.2, 0) is 9.53 Å². The van der Waals surface area contributed by atoms with Crippen LogP contribution in [0.4, 0.5) is 5.69 Å². The lowest BCUT2D eigenvalue weighted by molar-refractivity contribution is -0.136. The van der Waals surface area contributed by atoms with Crippen molar-refractivity contribution in [2.45, 2.75) is 12.8 Å². The molecule has 1 N–H and O–H groups in total. The van der Waals surface area contributed by atoms with Gasteiger partial charge in [0, 0.05) is 32.5 Å². The van der Waals surface area contributed by atoms with E-state index in [1.165, 1.54) is 0 Å². The lowest BCUT2D eigenvalue weighted by Gasteiger charge is -2.24. The zero-order valence-corrected chi connectivity index (χ0v) is 10.1. The van der Waals surface area contributed by atoms with E-state index in [1.54, 1.807) is 7.11 Å². The van der Waals surface area contributed by atoms with Crippen molar-refractivity contribution in [2.75, 3.05) is 31.7 Å². The summed E-state index contributed by atoms with van der Waals surface area (Å²) in [4.78, 5) is 12.7. The van der Waals surface area contributed by atoms with Gasteiger partial charge in [-0.3, -0.25) is 4.79 Å². The lowest BCUT2D eigenvalue weighted by atomic mass is 10.2. The van der Waals surface area contributed by atoms with Crippen LogP contribution < -0.4 is 4.90 Å². The molecule has 17 heavy (non-hydrogen) atoms. The second-order valence-corrected chi connectivity index (χ2v) is 3.81. The fraction of sp³-hybridized carbons (Fsp3) is 0.462. The van der Waals surface area contributed by atoms with Crippen LogP contribution in [0.1, 0.15) is 12.8 Å². The van der Waals surface area contributed by atoms with E-state index in [4.69, 9.17) is 9.84 Å². The van der Waals surface area contributed by atoms with E-state index in [0.29, 0.717) is 13.2 Å². The number of carboxylic acid groups (broad SMARTS) is 1. The molecule has 0 unspecified atom stereocenters. The van der Waals surface area contributed by atoms with Gasteiger partial charge in [0.05, 0.1) is 6.42 Å². The number of carbonyl (C=O) groups is 1. The van der Waals surface area contributed by atoms with Crippen molar-refractivity contribution in [1.29, 1.82) is 0 Å². The standard InChI is InChI=1S/C13H19NO3/c1-17-11-5-9-14(10-8-13(15)16)12-6-3-2-4-7-12/h2-4,6-7H,5,8-11H2,1H3,(H,15,16). The van der Waals surface area contributed by atoms with Gasteiger partial charge in [0.1, 0.15) is 0 Å². The normalized spacial score (nSPS) is 10.2. The number of rotatable bonds is 8. The fourth-order valence-electron chi connectivity index (χ4n) is 1.64. The Morgan fingerprint density at radius 3 is 2.59 bits per heavy atom. The largest absolute Gasteiger partial charge is 0.481 e. The Morgan fingerprint density at radius 2 is 2.00 bits per heavy atom.